The molecule has 1 aliphatic rings. The number of H-pyrrole nitrogens is 1. The zero-order valence-electron chi connectivity index (χ0n) is 15.2. The van der Waals surface area contributed by atoms with E-state index in [2.05, 4.69) is 4.98 Å². The Hall–Kier alpha value is -2.44. The number of nitrogens with one attached hydrogen (secondary N) is 1. The van der Waals surface area contributed by atoms with Gasteiger partial charge in [-0.2, -0.15) is 0 Å². The van der Waals surface area contributed by atoms with Crippen molar-refractivity contribution >= 4 is 5.91 Å². The van der Waals surface area contributed by atoms with Crippen molar-refractivity contribution in [1.82, 2.24) is 14.8 Å². The van der Waals surface area contributed by atoms with Crippen molar-refractivity contribution < 1.29 is 9.90 Å². The third-order valence-electron chi connectivity index (χ3n) is 4.68. The van der Waals surface area contributed by atoms with Crippen molar-refractivity contribution in [3.05, 3.63) is 58.4 Å². The fourth-order valence-corrected chi connectivity index (χ4v) is 3.60. The molecule has 3 rings (SSSR count). The van der Waals surface area contributed by atoms with Crippen LogP contribution in [-0.2, 0) is 0 Å². The number of carbonyl (C=O) groups is 1. The van der Waals surface area contributed by atoms with E-state index in [9.17, 15) is 14.7 Å². The van der Waals surface area contributed by atoms with Gasteiger partial charge in [-0.15, -0.1) is 0 Å². The number of hydrogen-bond donors (Lipinski definition) is 2. The quantitative estimate of drug-likeness (QED) is 0.873. The average molecular weight is 355 g/mol. The van der Waals surface area contributed by atoms with Gasteiger partial charge in [0.1, 0.15) is 5.56 Å². The zero-order valence-corrected chi connectivity index (χ0v) is 15.2. The topological polar surface area (TPSA) is 76.6 Å². The van der Waals surface area contributed by atoms with E-state index in [4.69, 9.17) is 0 Å². The number of aliphatic hydroxyl groups is 1. The van der Waals surface area contributed by atoms with Crippen molar-refractivity contribution in [2.45, 2.75) is 18.4 Å². The molecule has 1 aromatic carbocycles. The van der Waals surface area contributed by atoms with Crippen LogP contribution in [0.3, 0.4) is 0 Å². The molecule has 1 amide bonds. The predicted molar refractivity (Wildman–Crippen MR) is 101 cm³/mol. The van der Waals surface area contributed by atoms with Crippen LogP contribution in [-0.4, -0.2) is 65.1 Å². The number of carbonyl (C=O) groups excluding carboxylic acids is 1. The highest BCUT2D eigenvalue weighted by molar-refractivity contribution is 5.94. The van der Waals surface area contributed by atoms with Gasteiger partial charge < -0.3 is 19.9 Å². The number of benzene rings is 1. The number of piperidine rings is 1. The van der Waals surface area contributed by atoms with Crippen LogP contribution in [0.25, 0.3) is 11.3 Å². The summed E-state index contributed by atoms with van der Waals surface area (Å²) in [6, 6.07) is 12.8. The minimum atomic E-state index is -0.936. The lowest BCUT2D eigenvalue weighted by atomic mass is 9.92. The predicted octanol–water partition coefficient (Wildman–Crippen LogP) is 1.57. The minimum absolute atomic E-state index is 0.110. The molecule has 2 N–H and O–H groups in total. The summed E-state index contributed by atoms with van der Waals surface area (Å²) in [5.74, 6) is -0.331. The van der Waals surface area contributed by atoms with Gasteiger partial charge in [-0.1, -0.05) is 30.3 Å². The molecule has 6 nitrogen and oxygen atoms in total. The summed E-state index contributed by atoms with van der Waals surface area (Å²) in [7, 11) is 3.79. The number of amides is 1. The Bertz CT molecular complexity index is 832. The normalized spacial score (nSPS) is 20.4. The average Bonchev–Trinajstić information content (AvgIpc) is 2.61. The van der Waals surface area contributed by atoms with Gasteiger partial charge in [0.2, 0.25) is 0 Å². The van der Waals surface area contributed by atoms with Crippen molar-refractivity contribution in [1.29, 1.82) is 0 Å². The van der Waals surface area contributed by atoms with E-state index in [1.165, 1.54) is 0 Å². The first-order valence-corrected chi connectivity index (χ1v) is 8.83. The number of β-amino-alcohol motifs (C(OH)–C–C–N with tert-alkyl or cyclic N) is 1. The number of aromatic amines is 1. The Balaban J connectivity index is 1.81. The number of rotatable bonds is 4. The molecule has 1 saturated heterocycles. The first kappa shape index (κ1) is 18.4. The molecule has 0 spiro atoms. The number of likely N-dealkylation sites (tertiary alicyclic amines) is 1. The van der Waals surface area contributed by atoms with E-state index < -0.39 is 11.2 Å². The van der Waals surface area contributed by atoms with Gasteiger partial charge in [0.25, 0.3) is 11.5 Å². The lowest BCUT2D eigenvalue weighted by molar-refractivity contribution is -0.0391. The molecule has 2 heterocycles. The van der Waals surface area contributed by atoms with Crippen LogP contribution in [0.2, 0.25) is 0 Å². The Morgan fingerprint density at radius 2 is 1.96 bits per heavy atom. The monoisotopic (exact) mass is 355 g/mol. The highest BCUT2D eigenvalue weighted by Crippen LogP contribution is 2.23. The first-order valence-electron chi connectivity index (χ1n) is 8.83. The molecule has 6 heteroatoms. The molecule has 2 aromatic rings. The number of nitrogens with zero attached hydrogens (tertiary/aromatic N) is 2. The van der Waals surface area contributed by atoms with E-state index in [-0.39, 0.29) is 18.0 Å². The summed E-state index contributed by atoms with van der Waals surface area (Å²) < 4.78 is 0. The van der Waals surface area contributed by atoms with E-state index in [0.717, 1.165) is 12.0 Å². The number of hydrogen-bond acceptors (Lipinski definition) is 4. The highest BCUT2D eigenvalue weighted by Gasteiger charge is 2.36. The maximum absolute atomic E-state index is 12.8. The largest absolute Gasteiger partial charge is 0.387 e. The Morgan fingerprint density at radius 1 is 1.23 bits per heavy atom. The lowest BCUT2D eigenvalue weighted by Gasteiger charge is -2.40. The minimum Gasteiger partial charge on any atom is -0.387 e. The molecular weight excluding hydrogens is 330 g/mol. The van der Waals surface area contributed by atoms with Gasteiger partial charge in [0.05, 0.1) is 12.1 Å². The SMILES string of the molecule is CN(C)C[C@]1(O)CCCN(C(=O)c2ccc(-c3ccccc3)[nH]c2=O)C1. The summed E-state index contributed by atoms with van der Waals surface area (Å²) in [4.78, 5) is 31.6. The second-order valence-corrected chi connectivity index (χ2v) is 7.27. The van der Waals surface area contributed by atoms with Crippen molar-refractivity contribution in [2.75, 3.05) is 33.7 Å². The maximum atomic E-state index is 12.8. The summed E-state index contributed by atoms with van der Waals surface area (Å²) >= 11 is 0. The van der Waals surface area contributed by atoms with Crippen LogP contribution < -0.4 is 5.56 Å². The smallest absolute Gasteiger partial charge is 0.261 e. The summed E-state index contributed by atoms with van der Waals surface area (Å²) in [6.07, 6.45) is 1.37. The van der Waals surface area contributed by atoms with E-state index in [1.54, 1.807) is 17.0 Å². The zero-order chi connectivity index (χ0) is 18.7. The highest BCUT2D eigenvalue weighted by atomic mass is 16.3. The first-order chi connectivity index (χ1) is 12.4. The summed E-state index contributed by atoms with van der Waals surface area (Å²) in [6.45, 7) is 1.28. The standard InChI is InChI=1S/C20H25N3O3/c1-22(2)13-20(26)11-6-12-23(14-20)19(25)16-9-10-17(21-18(16)24)15-7-4-3-5-8-15/h3-5,7-10,26H,6,11-14H2,1-2H3,(H,21,24)/t20-/m1/s1. The molecule has 138 valence electrons. The van der Waals surface area contributed by atoms with Crippen LogP contribution >= 0.6 is 0 Å². The van der Waals surface area contributed by atoms with Crippen LogP contribution in [0.5, 0.6) is 0 Å². The van der Waals surface area contributed by atoms with Crippen LogP contribution in [0, 0.1) is 0 Å². The van der Waals surface area contributed by atoms with Crippen LogP contribution in [0.15, 0.2) is 47.3 Å². The van der Waals surface area contributed by atoms with Gasteiger partial charge in [-0.3, -0.25) is 9.59 Å². The Labute approximate surface area is 153 Å². The molecule has 0 aliphatic carbocycles. The van der Waals surface area contributed by atoms with Crippen LogP contribution in [0.4, 0.5) is 0 Å². The molecule has 0 bridgehead atoms. The van der Waals surface area contributed by atoms with Crippen LogP contribution in [0.1, 0.15) is 23.2 Å². The molecule has 0 unspecified atom stereocenters. The second-order valence-electron chi connectivity index (χ2n) is 7.27. The molecule has 1 aliphatic heterocycles. The summed E-state index contributed by atoms with van der Waals surface area (Å²) in [5, 5.41) is 10.7. The van der Waals surface area contributed by atoms with Crippen molar-refractivity contribution in [2.24, 2.45) is 0 Å². The van der Waals surface area contributed by atoms with Gasteiger partial charge in [0, 0.05) is 18.8 Å². The fraction of sp³-hybridized carbons (Fsp3) is 0.400. The molecule has 1 aromatic heterocycles. The van der Waals surface area contributed by atoms with Gasteiger partial charge in [-0.05, 0) is 44.6 Å². The lowest BCUT2D eigenvalue weighted by Crippen LogP contribution is -2.55. The molecular formula is C20H25N3O3. The summed E-state index contributed by atoms with van der Waals surface area (Å²) in [5.41, 5.74) is 0.336. The maximum Gasteiger partial charge on any atom is 0.261 e. The Kier molecular flexibility index (Phi) is 5.25. The molecule has 0 radical (unpaired) electrons. The molecule has 1 fully saturated rings. The van der Waals surface area contributed by atoms with Gasteiger partial charge >= 0.3 is 0 Å². The Morgan fingerprint density at radius 3 is 2.62 bits per heavy atom. The second kappa shape index (κ2) is 7.43. The fourth-order valence-electron chi connectivity index (χ4n) is 3.60. The van der Waals surface area contributed by atoms with E-state index in [0.29, 0.717) is 25.2 Å². The number of aromatic nitrogens is 1. The molecule has 26 heavy (non-hydrogen) atoms. The third-order valence-corrected chi connectivity index (χ3v) is 4.68. The van der Waals surface area contributed by atoms with E-state index >= 15 is 0 Å². The van der Waals surface area contributed by atoms with E-state index in [1.807, 2.05) is 49.3 Å². The number of pyridine rings is 1. The van der Waals surface area contributed by atoms with Gasteiger partial charge in [-0.25, -0.2) is 0 Å². The molecule has 1 atom stereocenters. The molecule has 0 saturated carbocycles. The number of likely N-dealkylation sites (N-methyl/N-ethyl adjacent to an activating group) is 1. The van der Waals surface area contributed by atoms with Gasteiger partial charge in [0.15, 0.2) is 0 Å². The van der Waals surface area contributed by atoms with Crippen molar-refractivity contribution in [3.8, 4) is 11.3 Å². The third kappa shape index (κ3) is 4.03. The van der Waals surface area contributed by atoms with Crippen molar-refractivity contribution in [3.63, 3.8) is 0 Å².